The Hall–Kier alpha value is -4.00. The van der Waals surface area contributed by atoms with Gasteiger partial charge in [0.05, 0.1) is 4.90 Å². The lowest BCUT2D eigenvalue weighted by Gasteiger charge is -2.10. The van der Waals surface area contributed by atoms with Gasteiger partial charge in [0.2, 0.25) is 16.0 Å². The molecule has 174 valence electrons. The van der Waals surface area contributed by atoms with Gasteiger partial charge >= 0.3 is 0 Å². The first-order chi connectivity index (χ1) is 16.4. The molecular weight excluding hydrogens is 454 g/mol. The minimum atomic E-state index is -3.66. The Kier molecular flexibility index (Phi) is 7.01. The van der Waals surface area contributed by atoms with E-state index in [1.807, 2.05) is 25.1 Å². The van der Waals surface area contributed by atoms with Crippen LogP contribution in [-0.2, 0) is 10.0 Å². The lowest BCUT2D eigenvalue weighted by atomic mass is 10.3. The molecule has 12 heteroatoms. The third-order valence-corrected chi connectivity index (χ3v) is 5.98. The van der Waals surface area contributed by atoms with Crippen LogP contribution in [0.25, 0.3) is 11.5 Å². The highest BCUT2D eigenvalue weighted by atomic mass is 32.2. The van der Waals surface area contributed by atoms with Crippen molar-refractivity contribution in [2.75, 3.05) is 23.7 Å². The van der Waals surface area contributed by atoms with Crippen LogP contribution in [0.2, 0.25) is 0 Å². The summed E-state index contributed by atoms with van der Waals surface area (Å²) in [5, 5.41) is 6.15. The highest BCUT2D eigenvalue weighted by Gasteiger charge is 2.14. The molecule has 3 heterocycles. The Labute approximate surface area is 197 Å². The van der Waals surface area contributed by atoms with Crippen LogP contribution >= 0.6 is 0 Å². The van der Waals surface area contributed by atoms with Crippen molar-refractivity contribution in [3.63, 3.8) is 0 Å². The first-order valence-electron chi connectivity index (χ1n) is 10.4. The lowest BCUT2D eigenvalue weighted by molar-refractivity contribution is 0.582. The standard InChI is InChI=1S/C22H23N9O2S/c1-15-4-2-7-18(27-15)21-24-11-8-19(30-21)29-20-9-12-25-22(31-20)28-16-5-3-6-17(14-16)34(32,33)26-13-10-23/h2-9,11-12,14,26H,10,13,23H2,1H3,(H2,24,25,28,29,30,31). The van der Waals surface area contributed by atoms with Crippen LogP contribution in [-0.4, -0.2) is 46.4 Å². The van der Waals surface area contributed by atoms with Crippen LogP contribution in [0.1, 0.15) is 5.69 Å². The Morgan fingerprint density at radius 1 is 0.882 bits per heavy atom. The van der Waals surface area contributed by atoms with E-state index in [2.05, 4.69) is 40.3 Å². The van der Waals surface area contributed by atoms with Crippen LogP contribution in [0, 0.1) is 6.92 Å². The summed E-state index contributed by atoms with van der Waals surface area (Å²) in [5.74, 6) is 1.80. The molecule has 0 amide bonds. The van der Waals surface area contributed by atoms with E-state index in [9.17, 15) is 8.42 Å². The maximum Gasteiger partial charge on any atom is 0.240 e. The number of hydrogen-bond donors (Lipinski definition) is 4. The van der Waals surface area contributed by atoms with Gasteiger partial charge in [0.1, 0.15) is 17.3 Å². The van der Waals surface area contributed by atoms with E-state index >= 15 is 0 Å². The van der Waals surface area contributed by atoms with E-state index in [1.54, 1.807) is 36.7 Å². The molecule has 0 radical (unpaired) electrons. The zero-order valence-corrected chi connectivity index (χ0v) is 19.1. The lowest BCUT2D eigenvalue weighted by Crippen LogP contribution is -2.29. The Balaban J connectivity index is 1.50. The van der Waals surface area contributed by atoms with Gasteiger partial charge in [0, 0.05) is 36.9 Å². The van der Waals surface area contributed by atoms with E-state index in [0.717, 1.165) is 5.69 Å². The molecular formula is C22H23N9O2S. The van der Waals surface area contributed by atoms with Crippen molar-refractivity contribution in [1.29, 1.82) is 0 Å². The van der Waals surface area contributed by atoms with Crippen molar-refractivity contribution in [3.8, 4) is 11.5 Å². The molecule has 5 N–H and O–H groups in total. The molecule has 0 bridgehead atoms. The maximum absolute atomic E-state index is 12.3. The average molecular weight is 478 g/mol. The fourth-order valence-corrected chi connectivity index (χ4v) is 4.08. The Morgan fingerprint density at radius 2 is 1.65 bits per heavy atom. The minimum Gasteiger partial charge on any atom is -0.329 e. The number of nitrogens with one attached hydrogen (secondary N) is 3. The van der Waals surface area contributed by atoms with Gasteiger partial charge in [-0.05, 0) is 49.4 Å². The zero-order chi connectivity index (χ0) is 24.0. The molecule has 4 rings (SSSR count). The maximum atomic E-state index is 12.3. The molecule has 11 nitrogen and oxygen atoms in total. The summed E-state index contributed by atoms with van der Waals surface area (Å²) in [6.45, 7) is 2.27. The number of hydrogen-bond acceptors (Lipinski definition) is 10. The van der Waals surface area contributed by atoms with Gasteiger partial charge < -0.3 is 16.4 Å². The number of rotatable bonds is 9. The number of anilines is 4. The number of nitrogens with two attached hydrogens (primary N) is 1. The summed E-state index contributed by atoms with van der Waals surface area (Å²) in [6, 6.07) is 15.4. The Morgan fingerprint density at radius 3 is 2.44 bits per heavy atom. The van der Waals surface area contributed by atoms with Crippen molar-refractivity contribution < 1.29 is 8.42 Å². The van der Waals surface area contributed by atoms with Crippen LogP contribution in [0.3, 0.4) is 0 Å². The number of aryl methyl sites for hydroxylation is 1. The molecule has 3 aromatic heterocycles. The molecule has 0 saturated carbocycles. The first kappa shape index (κ1) is 23.2. The van der Waals surface area contributed by atoms with Gasteiger partial charge in [-0.3, -0.25) is 0 Å². The normalized spacial score (nSPS) is 11.2. The summed E-state index contributed by atoms with van der Waals surface area (Å²) in [6.07, 6.45) is 3.21. The second-order valence-corrected chi connectivity index (χ2v) is 8.93. The van der Waals surface area contributed by atoms with Gasteiger partial charge in [-0.15, -0.1) is 0 Å². The average Bonchev–Trinajstić information content (AvgIpc) is 2.83. The third kappa shape index (κ3) is 5.86. The number of benzene rings is 1. The monoisotopic (exact) mass is 477 g/mol. The molecule has 0 aliphatic rings. The van der Waals surface area contributed by atoms with Crippen molar-refractivity contribution in [1.82, 2.24) is 29.6 Å². The highest BCUT2D eigenvalue weighted by molar-refractivity contribution is 7.89. The number of sulfonamides is 1. The van der Waals surface area contributed by atoms with Crippen LogP contribution < -0.4 is 21.1 Å². The van der Waals surface area contributed by atoms with E-state index in [0.29, 0.717) is 28.8 Å². The van der Waals surface area contributed by atoms with Crippen LogP contribution in [0.4, 0.5) is 23.3 Å². The van der Waals surface area contributed by atoms with Crippen molar-refractivity contribution in [2.24, 2.45) is 5.73 Å². The van der Waals surface area contributed by atoms with E-state index in [4.69, 9.17) is 5.73 Å². The van der Waals surface area contributed by atoms with E-state index < -0.39 is 10.0 Å². The van der Waals surface area contributed by atoms with E-state index in [-0.39, 0.29) is 23.9 Å². The van der Waals surface area contributed by atoms with Gasteiger partial charge in [-0.2, -0.15) is 4.98 Å². The predicted octanol–water partition coefficient (Wildman–Crippen LogP) is 2.36. The summed E-state index contributed by atoms with van der Waals surface area (Å²) in [4.78, 5) is 22.0. The van der Waals surface area contributed by atoms with Gasteiger partial charge in [-0.1, -0.05) is 12.1 Å². The third-order valence-electron chi connectivity index (χ3n) is 4.52. The molecule has 0 atom stereocenters. The molecule has 0 aliphatic carbocycles. The Bertz CT molecular complexity index is 1400. The van der Waals surface area contributed by atoms with Crippen molar-refractivity contribution in [3.05, 3.63) is 72.7 Å². The highest BCUT2D eigenvalue weighted by Crippen LogP contribution is 2.20. The van der Waals surface area contributed by atoms with Gasteiger partial charge in [-0.25, -0.2) is 33.1 Å². The number of aromatic nitrogens is 5. The molecule has 0 saturated heterocycles. The van der Waals surface area contributed by atoms with Crippen molar-refractivity contribution in [2.45, 2.75) is 11.8 Å². The quantitative estimate of drug-likeness (QED) is 0.282. The van der Waals surface area contributed by atoms with Gasteiger partial charge in [0.25, 0.3) is 0 Å². The first-order valence-corrected chi connectivity index (χ1v) is 11.9. The molecule has 0 fully saturated rings. The topological polar surface area (TPSA) is 161 Å². The smallest absolute Gasteiger partial charge is 0.240 e. The number of nitrogens with zero attached hydrogens (tertiary/aromatic N) is 5. The molecule has 0 unspecified atom stereocenters. The van der Waals surface area contributed by atoms with Crippen molar-refractivity contribution >= 4 is 33.3 Å². The molecule has 1 aromatic carbocycles. The largest absolute Gasteiger partial charge is 0.329 e. The zero-order valence-electron chi connectivity index (χ0n) is 18.3. The summed E-state index contributed by atoms with van der Waals surface area (Å²) < 4.78 is 27.1. The van der Waals surface area contributed by atoms with Crippen LogP contribution in [0.5, 0.6) is 0 Å². The SMILES string of the molecule is Cc1cccc(-c2nccc(Nc3ccnc(Nc4cccc(S(=O)(=O)NCCN)c4)n3)n2)n1. The summed E-state index contributed by atoms with van der Waals surface area (Å²) >= 11 is 0. The molecule has 0 aliphatic heterocycles. The molecule has 0 spiro atoms. The van der Waals surface area contributed by atoms with Gasteiger partial charge in [0.15, 0.2) is 5.82 Å². The predicted molar refractivity (Wildman–Crippen MR) is 129 cm³/mol. The fraction of sp³-hybridized carbons (Fsp3) is 0.136. The van der Waals surface area contributed by atoms with E-state index in [1.165, 1.54) is 12.1 Å². The molecule has 34 heavy (non-hydrogen) atoms. The minimum absolute atomic E-state index is 0.110. The number of pyridine rings is 1. The second-order valence-electron chi connectivity index (χ2n) is 7.16. The molecule has 4 aromatic rings. The van der Waals surface area contributed by atoms with Crippen LogP contribution in [0.15, 0.2) is 71.9 Å². The second kappa shape index (κ2) is 10.3. The fourth-order valence-electron chi connectivity index (χ4n) is 2.99. The summed E-state index contributed by atoms with van der Waals surface area (Å²) in [5.41, 5.74) is 7.45. The summed E-state index contributed by atoms with van der Waals surface area (Å²) in [7, 11) is -3.66.